The van der Waals surface area contributed by atoms with Crippen molar-refractivity contribution in [3.63, 3.8) is 0 Å². The first-order valence-corrected chi connectivity index (χ1v) is 21.4. The van der Waals surface area contributed by atoms with Gasteiger partial charge in [-0.15, -0.1) is 0 Å². The largest absolute Gasteiger partial charge is 0.272 e. The van der Waals surface area contributed by atoms with Crippen LogP contribution in [0.2, 0.25) is 0 Å². The van der Waals surface area contributed by atoms with Gasteiger partial charge < -0.3 is 0 Å². The lowest BCUT2D eigenvalue weighted by molar-refractivity contribution is 1.19. The van der Waals surface area contributed by atoms with Crippen molar-refractivity contribution >= 4 is 66.2 Å². The van der Waals surface area contributed by atoms with Gasteiger partial charge in [-0.2, -0.15) is 0 Å². The molecule has 0 bridgehead atoms. The third-order valence-corrected chi connectivity index (χ3v) is 12.2. The minimum atomic E-state index is 0.658. The molecule has 0 spiro atoms. The molecule has 1 heterocycles. The summed E-state index contributed by atoms with van der Waals surface area (Å²) in [5, 5.41) is 12.0. The summed E-state index contributed by atoms with van der Waals surface area (Å²) in [6.45, 7) is 5.75. The van der Waals surface area contributed by atoms with Crippen molar-refractivity contribution in [3.8, 4) is 56.2 Å². The van der Waals surface area contributed by atoms with Gasteiger partial charge in [0.2, 0.25) is 0 Å². The first-order valence-electron chi connectivity index (χ1n) is 21.4. The van der Waals surface area contributed by atoms with Crippen LogP contribution < -0.4 is 0 Å². The summed E-state index contributed by atoms with van der Waals surface area (Å²) in [6.07, 6.45) is 5.87. The zero-order valence-corrected chi connectivity index (χ0v) is 34.8. The standard InChI is InChI=1S/C60H41N3/c1-3-16-47(38-61-2)41-20-14-21-43(33-41)56-37-57(55-36-42-19-6-7-24-48(42)49-25-8-9-26-50(49)55)63-60(62-56)46-23-15-22-44(35-46)58-51-27-10-12-29-53(51)59(54-30-13-11-28-52(54)58)45-32-31-39-17-4-5-18-40(39)34-45/h3-38H,2H2,1H3/b16-3-,47-38+. The zero-order chi connectivity index (χ0) is 42.3. The van der Waals surface area contributed by atoms with E-state index in [1.165, 1.54) is 65.2 Å². The Kier molecular flexibility index (Phi) is 9.56. The lowest BCUT2D eigenvalue weighted by atomic mass is 9.85. The predicted molar refractivity (Wildman–Crippen MR) is 269 cm³/mol. The van der Waals surface area contributed by atoms with E-state index in [0.717, 1.165) is 50.2 Å². The Hall–Kier alpha value is -8.27. The molecule has 3 heteroatoms. The molecule has 1 aromatic heterocycles. The molecule has 63 heavy (non-hydrogen) atoms. The lowest BCUT2D eigenvalue weighted by Gasteiger charge is -2.18. The van der Waals surface area contributed by atoms with Gasteiger partial charge in [-0.05, 0) is 131 Å². The summed E-state index contributed by atoms with van der Waals surface area (Å²) in [5.41, 5.74) is 11.4. The zero-order valence-electron chi connectivity index (χ0n) is 34.8. The van der Waals surface area contributed by atoms with Gasteiger partial charge in [-0.1, -0.05) is 182 Å². The van der Waals surface area contributed by atoms with E-state index < -0.39 is 0 Å². The van der Waals surface area contributed by atoms with Crippen molar-refractivity contribution < 1.29 is 0 Å². The van der Waals surface area contributed by atoms with Crippen LogP contribution in [0.3, 0.4) is 0 Å². The summed E-state index contributed by atoms with van der Waals surface area (Å²) in [5.74, 6) is 0.658. The normalized spacial score (nSPS) is 12.0. The second-order valence-corrected chi connectivity index (χ2v) is 16.0. The second kappa shape index (κ2) is 16.0. The smallest absolute Gasteiger partial charge is 0.160 e. The molecule has 0 aliphatic carbocycles. The molecule has 0 aliphatic heterocycles. The van der Waals surface area contributed by atoms with Gasteiger partial charge in [-0.25, -0.2) is 9.97 Å². The van der Waals surface area contributed by atoms with Crippen LogP contribution >= 0.6 is 0 Å². The van der Waals surface area contributed by atoms with Crippen LogP contribution in [0.15, 0.2) is 224 Å². The average Bonchev–Trinajstić information content (AvgIpc) is 3.35. The molecule has 0 unspecified atom stereocenters. The molecule has 0 saturated heterocycles. The van der Waals surface area contributed by atoms with Crippen molar-refractivity contribution in [2.24, 2.45) is 4.99 Å². The Labute approximate surface area is 366 Å². The number of nitrogens with zero attached hydrogens (tertiary/aromatic N) is 3. The monoisotopic (exact) mass is 803 g/mol. The van der Waals surface area contributed by atoms with E-state index >= 15 is 0 Å². The Bertz CT molecular complexity index is 3610. The van der Waals surface area contributed by atoms with Gasteiger partial charge in [0.15, 0.2) is 5.82 Å². The third-order valence-electron chi connectivity index (χ3n) is 12.2. The number of hydrogen-bond donors (Lipinski definition) is 0. The van der Waals surface area contributed by atoms with Gasteiger partial charge in [0.25, 0.3) is 0 Å². The molecule has 296 valence electrons. The van der Waals surface area contributed by atoms with E-state index in [-0.39, 0.29) is 0 Å². The Morgan fingerprint density at radius 2 is 0.984 bits per heavy atom. The minimum Gasteiger partial charge on any atom is -0.272 e. The molecule has 10 aromatic carbocycles. The second-order valence-electron chi connectivity index (χ2n) is 16.0. The number of allylic oxidation sites excluding steroid dienone is 3. The van der Waals surface area contributed by atoms with Crippen molar-refractivity contribution in [1.82, 2.24) is 9.97 Å². The maximum absolute atomic E-state index is 5.45. The highest BCUT2D eigenvalue weighted by atomic mass is 14.9. The Morgan fingerprint density at radius 3 is 1.68 bits per heavy atom. The number of rotatable bonds is 8. The SMILES string of the molecule is C=N/C=C(\C=C/C)c1cccc(-c2cc(-c3cc4ccccc4c4ccccc34)nc(-c3cccc(-c4c5ccccc5c(-c5ccc6ccccc6c5)c5ccccc45)c3)n2)c1. The van der Waals surface area contributed by atoms with Crippen LogP contribution in [0.4, 0.5) is 0 Å². The molecular formula is C60H41N3. The molecule has 0 fully saturated rings. The van der Waals surface area contributed by atoms with Gasteiger partial charge in [0.05, 0.1) is 11.4 Å². The third kappa shape index (κ3) is 6.77. The minimum absolute atomic E-state index is 0.658. The van der Waals surface area contributed by atoms with Crippen LogP contribution in [0.5, 0.6) is 0 Å². The van der Waals surface area contributed by atoms with E-state index in [9.17, 15) is 0 Å². The van der Waals surface area contributed by atoms with Gasteiger partial charge in [0.1, 0.15) is 0 Å². The fourth-order valence-electron chi connectivity index (χ4n) is 9.39. The molecule has 11 rings (SSSR count). The molecular weight excluding hydrogens is 763 g/mol. The van der Waals surface area contributed by atoms with Crippen molar-refractivity contribution in [1.29, 1.82) is 0 Å². The van der Waals surface area contributed by atoms with Gasteiger partial charge >= 0.3 is 0 Å². The van der Waals surface area contributed by atoms with Crippen LogP contribution in [0.1, 0.15) is 12.5 Å². The highest BCUT2D eigenvalue weighted by Crippen LogP contribution is 2.45. The number of hydrogen-bond acceptors (Lipinski definition) is 3. The number of aromatic nitrogens is 2. The molecule has 0 atom stereocenters. The summed E-state index contributed by atoms with van der Waals surface area (Å²) >= 11 is 0. The summed E-state index contributed by atoms with van der Waals surface area (Å²) in [7, 11) is 0. The van der Waals surface area contributed by atoms with Crippen molar-refractivity contribution in [2.45, 2.75) is 6.92 Å². The maximum Gasteiger partial charge on any atom is 0.160 e. The van der Waals surface area contributed by atoms with Crippen LogP contribution in [-0.2, 0) is 0 Å². The molecule has 0 aliphatic rings. The van der Waals surface area contributed by atoms with E-state index in [0.29, 0.717) is 5.82 Å². The summed E-state index contributed by atoms with van der Waals surface area (Å²) < 4.78 is 0. The molecule has 0 radical (unpaired) electrons. The van der Waals surface area contributed by atoms with E-state index in [4.69, 9.17) is 9.97 Å². The van der Waals surface area contributed by atoms with E-state index in [1.54, 1.807) is 6.20 Å². The maximum atomic E-state index is 5.45. The molecule has 0 N–H and O–H groups in total. The molecule has 3 nitrogen and oxygen atoms in total. The molecule has 11 aromatic rings. The van der Waals surface area contributed by atoms with Crippen LogP contribution in [-0.4, -0.2) is 16.7 Å². The topological polar surface area (TPSA) is 38.1 Å². The first-order chi connectivity index (χ1) is 31.1. The van der Waals surface area contributed by atoms with E-state index in [1.807, 2.05) is 13.0 Å². The number of fused-ring (bicyclic) bond motifs is 6. The quantitative estimate of drug-likeness (QED) is 0.0664. The number of aliphatic imine (C=N–C) groups is 1. The highest BCUT2D eigenvalue weighted by Gasteiger charge is 2.19. The average molecular weight is 804 g/mol. The fourth-order valence-corrected chi connectivity index (χ4v) is 9.39. The van der Waals surface area contributed by atoms with Gasteiger partial charge in [-0.3, -0.25) is 4.99 Å². The lowest BCUT2D eigenvalue weighted by Crippen LogP contribution is -1.97. The Morgan fingerprint density at radius 1 is 0.429 bits per heavy atom. The van der Waals surface area contributed by atoms with Crippen molar-refractivity contribution in [2.75, 3.05) is 0 Å². The summed E-state index contributed by atoms with van der Waals surface area (Å²) in [4.78, 5) is 14.9. The van der Waals surface area contributed by atoms with Crippen molar-refractivity contribution in [3.05, 3.63) is 224 Å². The van der Waals surface area contributed by atoms with Crippen LogP contribution in [0, 0.1) is 0 Å². The van der Waals surface area contributed by atoms with E-state index in [2.05, 4.69) is 218 Å². The molecule has 0 saturated carbocycles. The first kappa shape index (κ1) is 37.7. The fraction of sp³-hybridized carbons (Fsp3) is 0.0167. The Balaban J connectivity index is 1.14. The number of benzene rings is 10. The van der Waals surface area contributed by atoms with Gasteiger partial charge in [0, 0.05) is 22.9 Å². The highest BCUT2D eigenvalue weighted by molar-refractivity contribution is 6.22. The summed E-state index contributed by atoms with van der Waals surface area (Å²) in [6, 6.07) is 72.0. The molecule has 0 amide bonds. The van der Waals surface area contributed by atoms with Crippen LogP contribution in [0.25, 0.3) is 116 Å². The predicted octanol–water partition coefficient (Wildman–Crippen LogP) is 16.2.